The second-order valence-corrected chi connectivity index (χ2v) is 8.65. The number of thioether (sulfide) groups is 1. The van der Waals surface area contributed by atoms with Crippen LogP contribution in [-0.4, -0.2) is 45.2 Å². The summed E-state index contributed by atoms with van der Waals surface area (Å²) in [5.74, 6) is 0.930. The number of methoxy groups -OCH3 is 2. The summed E-state index contributed by atoms with van der Waals surface area (Å²) < 4.78 is 13.9. The Labute approximate surface area is 207 Å². The molecule has 0 saturated carbocycles. The van der Waals surface area contributed by atoms with E-state index in [0.29, 0.717) is 52.9 Å². The molecule has 182 valence electrons. The summed E-state index contributed by atoms with van der Waals surface area (Å²) in [5, 5.41) is 7.71. The van der Waals surface area contributed by atoms with Crippen molar-refractivity contribution in [1.82, 2.24) is 19.3 Å². The van der Waals surface area contributed by atoms with E-state index in [1.807, 2.05) is 37.3 Å². The van der Waals surface area contributed by atoms with Gasteiger partial charge in [0.15, 0.2) is 10.7 Å². The fraction of sp³-hybridized carbons (Fsp3) is 0.280. The Morgan fingerprint density at radius 3 is 2.63 bits per heavy atom. The van der Waals surface area contributed by atoms with Crippen LogP contribution in [0.25, 0.3) is 11.0 Å². The predicted octanol–water partition coefficient (Wildman–Crippen LogP) is 3.60. The SMILES string of the molecule is CCn1cc2nc(SCC(=O)Nc3cc(OC)ccc3OC)n(CCc3ccccc3)c(=O)c2n1. The lowest BCUT2D eigenvalue weighted by Gasteiger charge is -2.13. The Balaban J connectivity index is 1.57. The molecule has 4 aromatic rings. The van der Waals surface area contributed by atoms with Crippen molar-refractivity contribution in [2.75, 3.05) is 25.3 Å². The minimum absolute atomic E-state index is 0.0611. The van der Waals surface area contributed by atoms with Gasteiger partial charge in [0.2, 0.25) is 5.91 Å². The lowest BCUT2D eigenvalue weighted by atomic mass is 10.1. The number of amides is 1. The number of nitrogens with one attached hydrogen (secondary N) is 1. The quantitative estimate of drug-likeness (QED) is 0.266. The molecule has 10 heteroatoms. The van der Waals surface area contributed by atoms with Gasteiger partial charge in [-0.25, -0.2) is 4.98 Å². The van der Waals surface area contributed by atoms with E-state index in [-0.39, 0.29) is 17.2 Å². The van der Waals surface area contributed by atoms with E-state index in [9.17, 15) is 9.59 Å². The minimum atomic E-state index is -0.255. The molecule has 0 unspecified atom stereocenters. The average Bonchev–Trinajstić information content (AvgIpc) is 3.31. The maximum absolute atomic E-state index is 13.3. The zero-order valence-corrected chi connectivity index (χ0v) is 20.7. The van der Waals surface area contributed by atoms with Crippen molar-refractivity contribution < 1.29 is 14.3 Å². The molecule has 1 N–H and O–H groups in total. The number of fused-ring (bicyclic) bond motifs is 1. The second kappa shape index (κ2) is 11.1. The van der Waals surface area contributed by atoms with Gasteiger partial charge in [-0.05, 0) is 31.0 Å². The molecule has 0 radical (unpaired) electrons. The first-order valence-corrected chi connectivity index (χ1v) is 12.2. The van der Waals surface area contributed by atoms with Gasteiger partial charge in [-0.3, -0.25) is 18.8 Å². The van der Waals surface area contributed by atoms with Gasteiger partial charge in [0.1, 0.15) is 17.0 Å². The van der Waals surface area contributed by atoms with Gasteiger partial charge >= 0.3 is 0 Å². The first-order chi connectivity index (χ1) is 17.0. The van der Waals surface area contributed by atoms with Crippen molar-refractivity contribution in [3.63, 3.8) is 0 Å². The molecule has 4 rings (SSSR count). The van der Waals surface area contributed by atoms with Crippen LogP contribution in [0.15, 0.2) is 64.7 Å². The van der Waals surface area contributed by atoms with Crippen molar-refractivity contribution in [1.29, 1.82) is 0 Å². The molecule has 0 spiro atoms. The molecule has 2 heterocycles. The monoisotopic (exact) mass is 493 g/mol. The highest BCUT2D eigenvalue weighted by Gasteiger charge is 2.17. The van der Waals surface area contributed by atoms with E-state index < -0.39 is 0 Å². The number of hydrogen-bond donors (Lipinski definition) is 1. The van der Waals surface area contributed by atoms with Crippen LogP contribution < -0.4 is 20.3 Å². The normalized spacial score (nSPS) is 10.9. The van der Waals surface area contributed by atoms with Gasteiger partial charge in [-0.2, -0.15) is 5.10 Å². The van der Waals surface area contributed by atoms with E-state index >= 15 is 0 Å². The number of ether oxygens (including phenoxy) is 2. The molecule has 0 saturated heterocycles. The minimum Gasteiger partial charge on any atom is -0.497 e. The summed E-state index contributed by atoms with van der Waals surface area (Å²) in [6, 6.07) is 15.1. The summed E-state index contributed by atoms with van der Waals surface area (Å²) in [4.78, 5) is 30.8. The molecular weight excluding hydrogens is 466 g/mol. The van der Waals surface area contributed by atoms with E-state index in [0.717, 1.165) is 5.56 Å². The number of carbonyl (C=O) groups excluding carboxylic acids is 1. The lowest BCUT2D eigenvalue weighted by molar-refractivity contribution is -0.113. The Kier molecular flexibility index (Phi) is 7.71. The van der Waals surface area contributed by atoms with E-state index in [1.165, 1.54) is 18.9 Å². The third-order valence-electron chi connectivity index (χ3n) is 5.44. The molecule has 0 aliphatic heterocycles. The third-order valence-corrected chi connectivity index (χ3v) is 6.42. The smallest absolute Gasteiger partial charge is 0.282 e. The fourth-order valence-corrected chi connectivity index (χ4v) is 4.43. The Morgan fingerprint density at radius 1 is 1.11 bits per heavy atom. The van der Waals surface area contributed by atoms with Crippen LogP contribution in [0.2, 0.25) is 0 Å². The highest BCUT2D eigenvalue weighted by molar-refractivity contribution is 7.99. The largest absolute Gasteiger partial charge is 0.497 e. The second-order valence-electron chi connectivity index (χ2n) is 7.71. The van der Waals surface area contributed by atoms with Crippen molar-refractivity contribution in [3.8, 4) is 11.5 Å². The van der Waals surface area contributed by atoms with Gasteiger partial charge in [0.25, 0.3) is 5.56 Å². The molecule has 0 bridgehead atoms. The van der Waals surface area contributed by atoms with Crippen LogP contribution in [0.3, 0.4) is 0 Å². The number of carbonyl (C=O) groups is 1. The standard InChI is InChI=1S/C25H27N5O4S/c1-4-29-15-20-23(28-29)24(32)30(13-12-17-8-6-5-7-9-17)25(27-20)35-16-22(31)26-19-14-18(33-2)10-11-21(19)34-3/h5-11,14-15H,4,12-13,16H2,1-3H3,(H,26,31). The van der Waals surface area contributed by atoms with Crippen LogP contribution >= 0.6 is 11.8 Å². The van der Waals surface area contributed by atoms with Gasteiger partial charge in [0.05, 0.1) is 31.9 Å². The number of benzene rings is 2. The van der Waals surface area contributed by atoms with Crippen molar-refractivity contribution in [2.45, 2.75) is 31.6 Å². The molecule has 1 amide bonds. The lowest BCUT2D eigenvalue weighted by Crippen LogP contribution is -2.25. The number of aromatic nitrogens is 4. The number of aryl methyl sites for hydroxylation is 2. The van der Waals surface area contributed by atoms with Gasteiger partial charge in [-0.1, -0.05) is 42.1 Å². The highest BCUT2D eigenvalue weighted by atomic mass is 32.2. The van der Waals surface area contributed by atoms with Crippen LogP contribution in [0.4, 0.5) is 5.69 Å². The summed E-state index contributed by atoms with van der Waals surface area (Å²) in [6.45, 7) is 3.01. The van der Waals surface area contributed by atoms with Crippen molar-refractivity contribution >= 4 is 34.4 Å². The van der Waals surface area contributed by atoms with Gasteiger partial charge < -0.3 is 14.8 Å². The number of hydrogen-bond acceptors (Lipinski definition) is 7. The Hall–Kier alpha value is -3.79. The van der Waals surface area contributed by atoms with E-state index in [1.54, 1.807) is 40.8 Å². The maximum atomic E-state index is 13.3. The summed E-state index contributed by atoms with van der Waals surface area (Å²) in [7, 11) is 3.09. The Morgan fingerprint density at radius 2 is 1.91 bits per heavy atom. The molecule has 0 atom stereocenters. The summed E-state index contributed by atoms with van der Waals surface area (Å²) in [5.41, 5.74) is 2.25. The predicted molar refractivity (Wildman–Crippen MR) is 137 cm³/mol. The molecule has 2 aromatic carbocycles. The molecule has 2 aromatic heterocycles. The zero-order valence-electron chi connectivity index (χ0n) is 19.9. The zero-order chi connectivity index (χ0) is 24.8. The van der Waals surface area contributed by atoms with E-state index in [2.05, 4.69) is 15.4 Å². The Bertz CT molecular complexity index is 1380. The van der Waals surface area contributed by atoms with Crippen molar-refractivity contribution in [3.05, 3.63) is 70.6 Å². The van der Waals surface area contributed by atoms with Gasteiger partial charge in [-0.15, -0.1) is 0 Å². The van der Waals surface area contributed by atoms with Crippen molar-refractivity contribution in [2.24, 2.45) is 0 Å². The highest BCUT2D eigenvalue weighted by Crippen LogP contribution is 2.29. The molecule has 0 fully saturated rings. The maximum Gasteiger partial charge on any atom is 0.282 e. The molecular formula is C25H27N5O4S. The van der Waals surface area contributed by atoms with Crippen LogP contribution in [0, 0.1) is 0 Å². The number of rotatable bonds is 10. The molecule has 0 aliphatic rings. The third kappa shape index (κ3) is 5.65. The molecule has 9 nitrogen and oxygen atoms in total. The average molecular weight is 494 g/mol. The molecule has 35 heavy (non-hydrogen) atoms. The number of nitrogens with zero attached hydrogens (tertiary/aromatic N) is 4. The van der Waals surface area contributed by atoms with Gasteiger partial charge in [0, 0.05) is 19.2 Å². The van der Waals surface area contributed by atoms with Crippen LogP contribution in [0.1, 0.15) is 12.5 Å². The first kappa shape index (κ1) is 24.3. The topological polar surface area (TPSA) is 100 Å². The van der Waals surface area contributed by atoms with Crippen LogP contribution in [0.5, 0.6) is 11.5 Å². The molecule has 0 aliphatic carbocycles. The first-order valence-electron chi connectivity index (χ1n) is 11.2. The summed E-state index contributed by atoms with van der Waals surface area (Å²) >= 11 is 1.21. The van der Waals surface area contributed by atoms with Crippen LogP contribution in [-0.2, 0) is 24.3 Å². The van der Waals surface area contributed by atoms with E-state index in [4.69, 9.17) is 9.47 Å². The number of anilines is 1. The summed E-state index contributed by atoms with van der Waals surface area (Å²) in [6.07, 6.45) is 2.41. The fourth-order valence-electron chi connectivity index (χ4n) is 3.61.